The number of hydrogen-bond donors (Lipinski definition) is 0. The zero-order valence-corrected chi connectivity index (χ0v) is 8.76. The number of carbonyl (C=O) groups excluding carboxylic acids is 2. The molecule has 0 N–H and O–H groups in total. The maximum absolute atomic E-state index is 11.8. The third-order valence-electron chi connectivity index (χ3n) is 5.89. The molecule has 3 nitrogen and oxygen atoms in total. The summed E-state index contributed by atoms with van der Waals surface area (Å²) in [5, 5.41) is 0. The molecule has 1 spiro atoms. The molecule has 6 atom stereocenters. The molecule has 0 amide bonds. The summed E-state index contributed by atoms with van der Waals surface area (Å²) >= 11 is 0. The molecule has 16 heavy (non-hydrogen) atoms. The Morgan fingerprint density at radius 1 is 1.00 bits per heavy atom. The van der Waals surface area contributed by atoms with E-state index >= 15 is 0 Å². The second-order valence-electron chi connectivity index (χ2n) is 6.12. The summed E-state index contributed by atoms with van der Waals surface area (Å²) in [6.07, 6.45) is 6.96. The molecule has 5 rings (SSSR count). The van der Waals surface area contributed by atoms with Gasteiger partial charge >= 0.3 is 11.9 Å². The first kappa shape index (κ1) is 8.04. The van der Waals surface area contributed by atoms with Crippen LogP contribution in [0.5, 0.6) is 0 Å². The third-order valence-corrected chi connectivity index (χ3v) is 5.89. The van der Waals surface area contributed by atoms with Gasteiger partial charge in [-0.1, -0.05) is 12.2 Å². The minimum Gasteiger partial charge on any atom is -0.393 e. The van der Waals surface area contributed by atoms with Crippen LogP contribution < -0.4 is 0 Å². The van der Waals surface area contributed by atoms with E-state index in [4.69, 9.17) is 4.74 Å². The Bertz CT molecular complexity index is 436. The Labute approximate surface area is 92.8 Å². The first-order valence-electron chi connectivity index (χ1n) is 6.18. The predicted molar refractivity (Wildman–Crippen MR) is 52.8 cm³/mol. The lowest BCUT2D eigenvalue weighted by molar-refractivity contribution is -0.155. The largest absolute Gasteiger partial charge is 0.393 e. The summed E-state index contributed by atoms with van der Waals surface area (Å²) in [6.45, 7) is 0. The number of fused-ring (bicyclic) bond motifs is 6. The van der Waals surface area contributed by atoms with Crippen molar-refractivity contribution in [3.8, 4) is 0 Å². The Hall–Kier alpha value is -1.12. The molecule has 2 bridgehead atoms. The van der Waals surface area contributed by atoms with Gasteiger partial charge in [0.05, 0.1) is 11.8 Å². The number of ether oxygens (including phenoxy) is 1. The molecule has 0 unspecified atom stereocenters. The van der Waals surface area contributed by atoms with E-state index < -0.39 is 0 Å². The lowest BCUT2D eigenvalue weighted by Gasteiger charge is -2.37. The fourth-order valence-electron chi connectivity index (χ4n) is 5.35. The molecule has 0 aromatic rings. The van der Waals surface area contributed by atoms with Crippen molar-refractivity contribution in [1.82, 2.24) is 0 Å². The van der Waals surface area contributed by atoms with Gasteiger partial charge in [0.15, 0.2) is 0 Å². The number of rotatable bonds is 0. The van der Waals surface area contributed by atoms with Gasteiger partial charge in [-0.25, -0.2) is 0 Å². The van der Waals surface area contributed by atoms with Crippen molar-refractivity contribution in [3.63, 3.8) is 0 Å². The van der Waals surface area contributed by atoms with Gasteiger partial charge in [-0.3, -0.25) is 9.59 Å². The van der Waals surface area contributed by atoms with E-state index in [-0.39, 0.29) is 23.8 Å². The molecule has 1 aliphatic heterocycles. The molecule has 5 aliphatic rings. The highest BCUT2D eigenvalue weighted by Gasteiger charge is 2.80. The van der Waals surface area contributed by atoms with Crippen molar-refractivity contribution in [1.29, 1.82) is 0 Å². The third kappa shape index (κ3) is 0.562. The normalized spacial score (nSPS) is 57.2. The second kappa shape index (κ2) is 2.01. The summed E-state index contributed by atoms with van der Waals surface area (Å²) in [5.41, 5.74) is 0.350. The Morgan fingerprint density at radius 2 is 1.50 bits per heavy atom. The molecule has 3 heteroatoms. The topological polar surface area (TPSA) is 43.4 Å². The van der Waals surface area contributed by atoms with Crippen molar-refractivity contribution in [2.45, 2.75) is 12.8 Å². The molecular formula is C13H12O3. The van der Waals surface area contributed by atoms with E-state index in [2.05, 4.69) is 12.2 Å². The summed E-state index contributed by atoms with van der Waals surface area (Å²) in [4.78, 5) is 23.6. The van der Waals surface area contributed by atoms with E-state index in [0.29, 0.717) is 29.1 Å². The summed E-state index contributed by atoms with van der Waals surface area (Å²) < 4.78 is 4.85. The van der Waals surface area contributed by atoms with Gasteiger partial charge < -0.3 is 4.74 Å². The smallest absolute Gasteiger partial charge is 0.317 e. The Balaban J connectivity index is 1.73. The number of cyclic esters (lactones) is 2. The lowest BCUT2D eigenvalue weighted by atomic mass is 9.64. The predicted octanol–water partition coefficient (Wildman–Crippen LogP) is 1.14. The molecule has 1 heterocycles. The van der Waals surface area contributed by atoms with Gasteiger partial charge in [0.1, 0.15) is 0 Å². The van der Waals surface area contributed by atoms with Crippen LogP contribution in [0.3, 0.4) is 0 Å². The van der Waals surface area contributed by atoms with E-state index in [1.165, 1.54) is 12.8 Å². The van der Waals surface area contributed by atoms with Gasteiger partial charge in [-0.2, -0.15) is 0 Å². The highest BCUT2D eigenvalue weighted by molar-refractivity contribution is 5.98. The van der Waals surface area contributed by atoms with Gasteiger partial charge in [-0.15, -0.1) is 0 Å². The zero-order chi connectivity index (χ0) is 10.7. The van der Waals surface area contributed by atoms with Crippen LogP contribution in [-0.2, 0) is 14.3 Å². The maximum atomic E-state index is 11.8. The summed E-state index contributed by atoms with van der Waals surface area (Å²) in [5.74, 6) is 1.37. The van der Waals surface area contributed by atoms with Crippen molar-refractivity contribution >= 4 is 11.9 Å². The minimum atomic E-state index is -0.229. The first-order valence-corrected chi connectivity index (χ1v) is 6.18. The van der Waals surface area contributed by atoms with E-state index in [1.807, 2.05) is 0 Å². The van der Waals surface area contributed by atoms with Crippen LogP contribution in [0, 0.1) is 40.9 Å². The van der Waals surface area contributed by atoms with Crippen molar-refractivity contribution in [2.24, 2.45) is 40.9 Å². The van der Waals surface area contributed by atoms with E-state index in [9.17, 15) is 9.59 Å². The van der Waals surface area contributed by atoms with Crippen LogP contribution in [0.15, 0.2) is 12.2 Å². The monoisotopic (exact) mass is 216 g/mol. The molecule has 0 radical (unpaired) electrons. The molecule has 82 valence electrons. The van der Waals surface area contributed by atoms with Gasteiger partial charge in [-0.05, 0) is 41.9 Å². The Kier molecular flexibility index (Phi) is 1.01. The fraction of sp³-hybridized carbons (Fsp3) is 0.692. The first-order chi connectivity index (χ1) is 7.74. The van der Waals surface area contributed by atoms with Crippen LogP contribution >= 0.6 is 0 Å². The molecule has 4 fully saturated rings. The fourth-order valence-corrected chi connectivity index (χ4v) is 5.35. The van der Waals surface area contributed by atoms with Crippen LogP contribution in [-0.4, -0.2) is 11.9 Å². The number of allylic oxidation sites excluding steroid dienone is 2. The highest BCUT2D eigenvalue weighted by Crippen LogP contribution is 2.80. The van der Waals surface area contributed by atoms with E-state index in [0.717, 1.165) is 0 Å². The van der Waals surface area contributed by atoms with Crippen molar-refractivity contribution in [2.75, 3.05) is 0 Å². The maximum Gasteiger partial charge on any atom is 0.317 e. The quantitative estimate of drug-likeness (QED) is 0.346. The van der Waals surface area contributed by atoms with Crippen molar-refractivity contribution in [3.05, 3.63) is 12.2 Å². The number of carbonyl (C=O) groups is 2. The standard InChI is InChI=1S/C13H12O3/c14-11-7-8(12(15)16-11)10-6-2-1-5(6)9(7)13(10)3-4-13/h1-2,5-10H,3-4H2/t5-,6+,7+,8-,9+,10-. The highest BCUT2D eigenvalue weighted by atomic mass is 16.6. The van der Waals surface area contributed by atoms with Crippen LogP contribution in [0.2, 0.25) is 0 Å². The van der Waals surface area contributed by atoms with Crippen molar-refractivity contribution < 1.29 is 14.3 Å². The average molecular weight is 216 g/mol. The number of esters is 2. The lowest BCUT2D eigenvalue weighted by Crippen LogP contribution is -2.38. The van der Waals surface area contributed by atoms with Gasteiger partial charge in [0.2, 0.25) is 0 Å². The average Bonchev–Trinajstić information content (AvgIpc) is 2.82. The van der Waals surface area contributed by atoms with Crippen LogP contribution in [0.4, 0.5) is 0 Å². The SMILES string of the molecule is O=C1OC(=O)[C@H]2[C@@H]1[C@H]1[C@H]3C=C[C@H]3[C@@H]2C12CC2. The molecule has 1 saturated heterocycles. The van der Waals surface area contributed by atoms with Gasteiger partial charge in [0, 0.05) is 0 Å². The van der Waals surface area contributed by atoms with E-state index in [1.54, 1.807) is 0 Å². The minimum absolute atomic E-state index is 0.0915. The molecular weight excluding hydrogens is 204 g/mol. The zero-order valence-electron chi connectivity index (χ0n) is 8.76. The summed E-state index contributed by atoms with van der Waals surface area (Å²) in [6, 6.07) is 0. The van der Waals surface area contributed by atoms with Crippen LogP contribution in [0.25, 0.3) is 0 Å². The number of hydrogen-bond acceptors (Lipinski definition) is 3. The Morgan fingerprint density at radius 3 is 1.88 bits per heavy atom. The van der Waals surface area contributed by atoms with Gasteiger partial charge in [0.25, 0.3) is 0 Å². The molecule has 0 aromatic heterocycles. The molecule has 0 aromatic carbocycles. The second-order valence-corrected chi connectivity index (χ2v) is 6.12. The summed E-state index contributed by atoms with van der Waals surface area (Å²) in [7, 11) is 0. The molecule has 4 aliphatic carbocycles. The molecule has 3 saturated carbocycles. The van der Waals surface area contributed by atoms with Crippen LogP contribution in [0.1, 0.15) is 12.8 Å².